The van der Waals surface area contributed by atoms with E-state index in [9.17, 15) is 0 Å². The van der Waals surface area contributed by atoms with Crippen LogP contribution in [0.25, 0.3) is 0 Å². The van der Waals surface area contributed by atoms with Gasteiger partial charge in [0, 0.05) is 32.3 Å². The first-order chi connectivity index (χ1) is 39.6. The van der Waals surface area contributed by atoms with Gasteiger partial charge in [0.25, 0.3) is 0 Å². The molecule has 0 saturated carbocycles. The molecule has 6 nitrogen and oxygen atoms in total. The maximum Gasteiger partial charge on any atom is 0.200 e. The number of hydrogen-bond acceptors (Lipinski definition) is 6. The molecular weight excluding hydrogens is 1070 g/mol. The molecule has 9 heteroatoms. The Hall–Kier alpha value is -1.63. The summed E-state index contributed by atoms with van der Waals surface area (Å²) >= 11 is 0. The molecule has 0 bridgehead atoms. The number of benzene rings is 2. The van der Waals surface area contributed by atoms with Crippen LogP contribution in [-0.2, 0) is 19.7 Å². The number of aryl methyl sites for hydroxylation is 1. The molecular formula is C74H140O6Si3. The number of unbranched alkanes of at least 4 members (excludes halogenated alkanes) is 24. The van der Waals surface area contributed by atoms with E-state index in [1.807, 2.05) is 0 Å². The van der Waals surface area contributed by atoms with E-state index >= 15 is 0 Å². The van der Waals surface area contributed by atoms with E-state index in [1.54, 1.807) is 0 Å². The van der Waals surface area contributed by atoms with Crippen molar-refractivity contribution >= 4 is 25.0 Å². The predicted octanol–water partition coefficient (Wildman–Crippen LogP) is 24.8. The molecule has 0 aliphatic carbocycles. The fraction of sp³-hybridized carbons (Fsp3) is 0.838. The molecule has 0 heterocycles. The highest BCUT2D eigenvalue weighted by Gasteiger charge is 2.46. The Bertz CT molecular complexity index is 1830. The SMILES string of the molecule is Cc1cc(OCCCCCCCCCCCO[Si](C(C)C)(C(C)C)C(C)C)ccc1Cc1ccc(OCCCCCCCCCCCO[Si](C(C)C)(C(C)C)C(C)C)cc1OCCCCCCCCCCCO[Si](C(C)C)(C(C)C)C(C)C. The molecule has 0 aliphatic heterocycles. The van der Waals surface area contributed by atoms with Gasteiger partial charge in [0.1, 0.15) is 17.2 Å². The Labute approximate surface area is 520 Å². The van der Waals surface area contributed by atoms with E-state index in [-0.39, 0.29) is 0 Å². The van der Waals surface area contributed by atoms with Gasteiger partial charge >= 0.3 is 0 Å². The average Bonchev–Trinajstić information content (AvgIpc) is 3.58. The summed E-state index contributed by atoms with van der Waals surface area (Å²) in [5.74, 6) is 2.88. The molecule has 0 N–H and O–H groups in total. The standard InChI is InChI=1S/C74H140O6Si3/c1-60(2)81(61(3)4,62(5)6)78-54-44-38-32-26-20-23-29-35-41-51-75-72-49-47-70(69(19)57-72)58-71-48-50-73(76-52-42-36-30-24-21-27-33-39-45-55-79-82(63(7)8,64(9)10)65(11)12)59-74(71)77-53-43-37-31-25-22-28-34-40-46-56-80-83(66(13)14,67(15)16)68(17)18/h47-50,57,59-68H,20-46,51-56,58H2,1-19H3. The third-order valence-corrected chi connectivity index (χ3v) is 37.9. The number of hydrogen-bond donors (Lipinski definition) is 0. The zero-order chi connectivity index (χ0) is 61.7. The van der Waals surface area contributed by atoms with Gasteiger partial charge in [-0.15, -0.1) is 0 Å². The normalized spacial score (nSPS) is 12.9. The van der Waals surface area contributed by atoms with Crippen LogP contribution in [-0.4, -0.2) is 64.6 Å². The Morgan fingerprint density at radius 3 is 0.759 bits per heavy atom. The van der Waals surface area contributed by atoms with Crippen molar-refractivity contribution in [2.24, 2.45) is 0 Å². The van der Waals surface area contributed by atoms with Crippen LogP contribution in [0, 0.1) is 6.92 Å². The molecule has 0 unspecified atom stereocenters. The fourth-order valence-corrected chi connectivity index (χ4v) is 31.7. The maximum absolute atomic E-state index is 6.81. The molecule has 0 radical (unpaired) electrons. The molecule has 2 aromatic rings. The second-order valence-electron chi connectivity index (χ2n) is 28.6. The molecule has 83 heavy (non-hydrogen) atoms. The van der Waals surface area contributed by atoms with Crippen LogP contribution in [0.4, 0.5) is 0 Å². The van der Waals surface area contributed by atoms with Crippen LogP contribution < -0.4 is 14.2 Å². The van der Waals surface area contributed by atoms with Gasteiger partial charge in [-0.25, -0.2) is 0 Å². The van der Waals surface area contributed by atoms with E-state index in [0.29, 0.717) is 49.9 Å². The summed E-state index contributed by atoms with van der Waals surface area (Å²) in [6, 6.07) is 13.3. The van der Waals surface area contributed by atoms with Crippen LogP contribution in [0.15, 0.2) is 36.4 Å². The Morgan fingerprint density at radius 1 is 0.265 bits per heavy atom. The largest absolute Gasteiger partial charge is 0.494 e. The second-order valence-corrected chi connectivity index (χ2v) is 45.0. The lowest BCUT2D eigenvalue weighted by Crippen LogP contribution is -2.47. The smallest absolute Gasteiger partial charge is 0.200 e. The van der Waals surface area contributed by atoms with Gasteiger partial charge in [0.05, 0.1) is 19.8 Å². The van der Waals surface area contributed by atoms with E-state index in [0.717, 1.165) is 82.6 Å². The molecule has 0 fully saturated rings. The maximum atomic E-state index is 6.81. The van der Waals surface area contributed by atoms with Crippen molar-refractivity contribution in [2.45, 2.75) is 361 Å². The molecule has 2 rings (SSSR count). The highest BCUT2D eigenvalue weighted by molar-refractivity contribution is 6.78. The van der Waals surface area contributed by atoms with E-state index < -0.39 is 25.0 Å². The summed E-state index contributed by atoms with van der Waals surface area (Å²) < 4.78 is 39.7. The summed E-state index contributed by atoms with van der Waals surface area (Å²) in [4.78, 5) is 0. The summed E-state index contributed by atoms with van der Waals surface area (Å²) in [7, 11) is -5.20. The summed E-state index contributed by atoms with van der Waals surface area (Å²) in [5, 5.41) is 0. The highest BCUT2D eigenvalue weighted by atomic mass is 28.4. The van der Waals surface area contributed by atoms with Gasteiger partial charge < -0.3 is 27.5 Å². The van der Waals surface area contributed by atoms with Gasteiger partial charge in [-0.1, -0.05) is 272 Å². The summed E-state index contributed by atoms with van der Waals surface area (Å²) in [6.07, 6.45) is 35.2. The lowest BCUT2D eigenvalue weighted by Gasteiger charge is -2.42. The van der Waals surface area contributed by atoms with Crippen molar-refractivity contribution in [1.82, 2.24) is 0 Å². The van der Waals surface area contributed by atoms with Gasteiger partial charge in [-0.3, -0.25) is 0 Å². The van der Waals surface area contributed by atoms with Crippen molar-refractivity contribution in [1.29, 1.82) is 0 Å². The van der Waals surface area contributed by atoms with E-state index in [4.69, 9.17) is 27.5 Å². The summed E-state index contributed by atoms with van der Waals surface area (Å²) in [6.45, 7) is 50.4. The molecule has 0 aromatic heterocycles. The topological polar surface area (TPSA) is 55.4 Å². The van der Waals surface area contributed by atoms with Gasteiger partial charge in [0.2, 0.25) is 0 Å². The monoisotopic (exact) mass is 1210 g/mol. The molecule has 0 spiro atoms. The Morgan fingerprint density at radius 2 is 0.494 bits per heavy atom. The van der Waals surface area contributed by atoms with E-state index in [1.165, 1.54) is 171 Å². The van der Waals surface area contributed by atoms with Crippen LogP contribution in [0.3, 0.4) is 0 Å². The lowest BCUT2D eigenvalue weighted by atomic mass is 9.99. The third-order valence-electron chi connectivity index (χ3n) is 19.6. The van der Waals surface area contributed by atoms with Crippen molar-refractivity contribution in [2.75, 3.05) is 39.6 Å². The first-order valence-corrected chi connectivity index (χ1v) is 42.1. The average molecular weight is 1210 g/mol. The van der Waals surface area contributed by atoms with Gasteiger partial charge in [-0.2, -0.15) is 0 Å². The Balaban J connectivity index is 1.81. The molecule has 0 amide bonds. The number of rotatable bonds is 53. The minimum atomic E-state index is -1.74. The lowest BCUT2D eigenvalue weighted by molar-refractivity contribution is 0.267. The first-order valence-electron chi connectivity index (χ1n) is 35.6. The molecule has 2 aromatic carbocycles. The van der Waals surface area contributed by atoms with Crippen LogP contribution in [0.5, 0.6) is 17.2 Å². The van der Waals surface area contributed by atoms with Crippen molar-refractivity contribution in [3.63, 3.8) is 0 Å². The Kier molecular flexibility index (Phi) is 41.0. The molecule has 0 aliphatic rings. The van der Waals surface area contributed by atoms with Crippen molar-refractivity contribution < 1.29 is 27.5 Å². The van der Waals surface area contributed by atoms with Crippen LogP contribution in [0.1, 0.15) is 315 Å². The highest BCUT2D eigenvalue weighted by Crippen LogP contribution is 2.45. The quantitative estimate of drug-likeness (QED) is 0.0486. The van der Waals surface area contributed by atoms with Gasteiger partial charge in [-0.05, 0) is 130 Å². The second kappa shape index (κ2) is 43.9. The van der Waals surface area contributed by atoms with E-state index in [2.05, 4.69) is 168 Å². The van der Waals surface area contributed by atoms with Crippen molar-refractivity contribution in [3.8, 4) is 17.2 Å². The summed E-state index contributed by atoms with van der Waals surface area (Å²) in [5.41, 5.74) is 9.82. The molecule has 0 saturated heterocycles. The minimum Gasteiger partial charge on any atom is -0.494 e. The van der Waals surface area contributed by atoms with Crippen molar-refractivity contribution in [3.05, 3.63) is 53.1 Å². The minimum absolute atomic E-state index is 0.663. The predicted molar refractivity (Wildman–Crippen MR) is 373 cm³/mol. The third kappa shape index (κ3) is 27.8. The van der Waals surface area contributed by atoms with Gasteiger partial charge in [0.15, 0.2) is 25.0 Å². The van der Waals surface area contributed by atoms with Crippen LogP contribution in [0.2, 0.25) is 49.9 Å². The first kappa shape index (κ1) is 77.5. The molecule has 0 atom stereocenters. The number of ether oxygens (including phenoxy) is 3. The fourth-order valence-electron chi connectivity index (χ4n) is 15.2. The zero-order valence-electron chi connectivity index (χ0n) is 58.7. The zero-order valence-corrected chi connectivity index (χ0v) is 61.7. The van der Waals surface area contributed by atoms with Crippen LogP contribution >= 0.6 is 0 Å². The molecule has 484 valence electrons.